The molecule has 0 saturated heterocycles. The van der Waals surface area contributed by atoms with Crippen LogP contribution in [0.3, 0.4) is 0 Å². The van der Waals surface area contributed by atoms with Gasteiger partial charge in [-0.2, -0.15) is 0 Å². The minimum absolute atomic E-state index is 0.0464. The Morgan fingerprint density at radius 1 is 1.20 bits per heavy atom. The van der Waals surface area contributed by atoms with Gasteiger partial charge in [0, 0.05) is 18.3 Å². The van der Waals surface area contributed by atoms with E-state index in [0.717, 1.165) is 36.5 Å². The predicted octanol–water partition coefficient (Wildman–Crippen LogP) is 2.62. The molecule has 1 unspecified atom stereocenters. The van der Waals surface area contributed by atoms with E-state index in [4.69, 9.17) is 10.6 Å². The smallest absolute Gasteiger partial charge is 0.119 e. The van der Waals surface area contributed by atoms with E-state index in [9.17, 15) is 0 Å². The van der Waals surface area contributed by atoms with Gasteiger partial charge in [0.2, 0.25) is 0 Å². The van der Waals surface area contributed by atoms with E-state index in [1.807, 2.05) is 42.5 Å². The third-order valence-electron chi connectivity index (χ3n) is 3.10. The first kappa shape index (κ1) is 14.5. The topological polar surface area (TPSA) is 60.2 Å². The highest BCUT2D eigenvalue weighted by Gasteiger charge is 2.11. The first-order valence-electron chi connectivity index (χ1n) is 6.92. The predicted molar refractivity (Wildman–Crippen MR) is 80.2 cm³/mol. The van der Waals surface area contributed by atoms with Gasteiger partial charge in [-0.1, -0.05) is 25.1 Å². The molecule has 2 aromatic rings. The number of hydrazine groups is 1. The summed E-state index contributed by atoms with van der Waals surface area (Å²) in [6.45, 7) is 2.83. The van der Waals surface area contributed by atoms with Crippen LogP contribution >= 0.6 is 0 Å². The van der Waals surface area contributed by atoms with Gasteiger partial charge < -0.3 is 4.74 Å². The number of nitrogens with two attached hydrogens (primary N) is 1. The van der Waals surface area contributed by atoms with Crippen LogP contribution in [0, 0.1) is 0 Å². The minimum Gasteiger partial charge on any atom is -0.494 e. The van der Waals surface area contributed by atoms with Crippen LogP contribution < -0.4 is 16.0 Å². The highest BCUT2D eigenvalue weighted by atomic mass is 16.5. The average Bonchev–Trinajstić information content (AvgIpc) is 2.52. The van der Waals surface area contributed by atoms with Crippen molar-refractivity contribution in [3.63, 3.8) is 0 Å². The van der Waals surface area contributed by atoms with Crippen molar-refractivity contribution in [2.45, 2.75) is 25.8 Å². The molecule has 1 aromatic heterocycles. The van der Waals surface area contributed by atoms with E-state index in [2.05, 4.69) is 17.3 Å². The quantitative estimate of drug-likeness (QED) is 0.600. The van der Waals surface area contributed by atoms with Crippen molar-refractivity contribution >= 4 is 0 Å². The Kier molecular flexibility index (Phi) is 5.53. The summed E-state index contributed by atoms with van der Waals surface area (Å²) >= 11 is 0. The molecule has 3 N–H and O–H groups in total. The van der Waals surface area contributed by atoms with Crippen molar-refractivity contribution in [2.24, 2.45) is 5.84 Å². The lowest BCUT2D eigenvalue weighted by Crippen LogP contribution is -2.29. The second-order valence-corrected chi connectivity index (χ2v) is 4.66. The van der Waals surface area contributed by atoms with Gasteiger partial charge in [0.15, 0.2) is 0 Å². The van der Waals surface area contributed by atoms with Crippen LogP contribution in [0.5, 0.6) is 5.75 Å². The zero-order valence-corrected chi connectivity index (χ0v) is 11.8. The van der Waals surface area contributed by atoms with E-state index in [0.29, 0.717) is 0 Å². The first-order chi connectivity index (χ1) is 9.83. The molecule has 0 bridgehead atoms. The number of pyridine rings is 1. The van der Waals surface area contributed by atoms with Crippen molar-refractivity contribution in [1.82, 2.24) is 10.4 Å². The Hall–Kier alpha value is -1.91. The third-order valence-corrected chi connectivity index (χ3v) is 3.10. The summed E-state index contributed by atoms with van der Waals surface area (Å²) in [6.07, 6.45) is 3.56. The lowest BCUT2D eigenvalue weighted by molar-refractivity contribution is 0.317. The van der Waals surface area contributed by atoms with Gasteiger partial charge in [0.1, 0.15) is 5.75 Å². The van der Waals surface area contributed by atoms with E-state index in [1.54, 1.807) is 6.20 Å². The summed E-state index contributed by atoms with van der Waals surface area (Å²) < 4.78 is 5.58. The molecule has 0 spiro atoms. The number of hydrogen-bond donors (Lipinski definition) is 2. The van der Waals surface area contributed by atoms with Crippen molar-refractivity contribution in [3.05, 3.63) is 59.9 Å². The van der Waals surface area contributed by atoms with E-state index in [1.165, 1.54) is 0 Å². The average molecular weight is 271 g/mol. The Balaban J connectivity index is 2.04. The molecule has 0 aliphatic heterocycles. The van der Waals surface area contributed by atoms with Crippen LogP contribution in [-0.2, 0) is 6.42 Å². The number of benzene rings is 1. The van der Waals surface area contributed by atoms with Crippen LogP contribution in [-0.4, -0.2) is 11.6 Å². The maximum Gasteiger partial charge on any atom is 0.119 e. The SMILES string of the molecule is CCCOc1ccc(C(Cc2ccccn2)NN)cc1. The van der Waals surface area contributed by atoms with E-state index < -0.39 is 0 Å². The molecule has 0 fully saturated rings. The van der Waals surface area contributed by atoms with Crippen molar-refractivity contribution in [3.8, 4) is 5.75 Å². The fourth-order valence-corrected chi connectivity index (χ4v) is 2.02. The summed E-state index contributed by atoms with van der Waals surface area (Å²) in [7, 11) is 0. The number of nitrogens with zero attached hydrogens (tertiary/aromatic N) is 1. The van der Waals surface area contributed by atoms with Crippen LogP contribution in [0.25, 0.3) is 0 Å². The van der Waals surface area contributed by atoms with Gasteiger partial charge in [-0.25, -0.2) is 0 Å². The number of hydrogen-bond acceptors (Lipinski definition) is 4. The molecular weight excluding hydrogens is 250 g/mol. The third kappa shape index (κ3) is 4.05. The van der Waals surface area contributed by atoms with Gasteiger partial charge in [-0.15, -0.1) is 0 Å². The second kappa shape index (κ2) is 7.62. The van der Waals surface area contributed by atoms with Crippen molar-refractivity contribution in [1.29, 1.82) is 0 Å². The summed E-state index contributed by atoms with van der Waals surface area (Å²) in [5.74, 6) is 6.55. The highest BCUT2D eigenvalue weighted by molar-refractivity contribution is 5.30. The molecule has 0 aliphatic carbocycles. The number of aromatic nitrogens is 1. The standard InChI is InChI=1S/C16H21N3O/c1-2-11-20-15-8-6-13(7-9-15)16(19-17)12-14-5-3-4-10-18-14/h3-10,16,19H,2,11-12,17H2,1H3. The van der Waals surface area contributed by atoms with Crippen LogP contribution in [0.4, 0.5) is 0 Å². The van der Waals surface area contributed by atoms with Crippen LogP contribution in [0.1, 0.15) is 30.6 Å². The first-order valence-corrected chi connectivity index (χ1v) is 6.92. The summed E-state index contributed by atoms with van der Waals surface area (Å²) in [5.41, 5.74) is 4.99. The molecule has 1 atom stereocenters. The van der Waals surface area contributed by atoms with Gasteiger partial charge in [0.25, 0.3) is 0 Å². The molecule has 106 valence electrons. The van der Waals surface area contributed by atoms with Gasteiger partial charge in [0.05, 0.1) is 12.6 Å². The highest BCUT2D eigenvalue weighted by Crippen LogP contribution is 2.20. The summed E-state index contributed by atoms with van der Waals surface area (Å²) in [6, 6.07) is 14.0. The van der Waals surface area contributed by atoms with Crippen molar-refractivity contribution in [2.75, 3.05) is 6.61 Å². The molecule has 4 heteroatoms. The van der Waals surface area contributed by atoms with Crippen molar-refractivity contribution < 1.29 is 4.74 Å². The maximum atomic E-state index is 5.66. The number of ether oxygens (including phenoxy) is 1. The van der Waals surface area contributed by atoms with Gasteiger partial charge in [-0.05, 0) is 36.2 Å². The number of rotatable bonds is 7. The van der Waals surface area contributed by atoms with Crippen LogP contribution in [0.2, 0.25) is 0 Å². The molecule has 20 heavy (non-hydrogen) atoms. The maximum absolute atomic E-state index is 5.66. The molecule has 0 radical (unpaired) electrons. The molecular formula is C16H21N3O. The van der Waals surface area contributed by atoms with Crippen LogP contribution in [0.15, 0.2) is 48.7 Å². The van der Waals surface area contributed by atoms with Gasteiger partial charge >= 0.3 is 0 Å². The molecule has 4 nitrogen and oxygen atoms in total. The lowest BCUT2D eigenvalue weighted by atomic mass is 10.0. The summed E-state index contributed by atoms with van der Waals surface area (Å²) in [5, 5.41) is 0. The molecule has 0 amide bonds. The summed E-state index contributed by atoms with van der Waals surface area (Å²) in [4.78, 5) is 4.33. The molecule has 0 aliphatic rings. The monoisotopic (exact) mass is 271 g/mol. The zero-order chi connectivity index (χ0) is 14.2. The van der Waals surface area contributed by atoms with E-state index in [-0.39, 0.29) is 6.04 Å². The lowest BCUT2D eigenvalue weighted by Gasteiger charge is -2.16. The largest absolute Gasteiger partial charge is 0.494 e. The fraction of sp³-hybridized carbons (Fsp3) is 0.312. The van der Waals surface area contributed by atoms with Gasteiger partial charge in [-0.3, -0.25) is 16.3 Å². The Morgan fingerprint density at radius 3 is 2.60 bits per heavy atom. The molecule has 0 saturated carbocycles. The Morgan fingerprint density at radius 2 is 2.00 bits per heavy atom. The Labute approximate surface area is 120 Å². The normalized spacial score (nSPS) is 12.1. The second-order valence-electron chi connectivity index (χ2n) is 4.66. The zero-order valence-electron chi connectivity index (χ0n) is 11.8. The Bertz CT molecular complexity index is 499. The van der Waals surface area contributed by atoms with E-state index >= 15 is 0 Å². The minimum atomic E-state index is 0.0464. The number of nitrogens with one attached hydrogen (secondary N) is 1. The molecule has 1 heterocycles. The molecule has 1 aromatic carbocycles. The fourth-order valence-electron chi connectivity index (χ4n) is 2.02. The molecule has 2 rings (SSSR count).